The highest BCUT2D eigenvalue weighted by atomic mass is 32.2. The van der Waals surface area contributed by atoms with Crippen molar-refractivity contribution in [1.29, 1.82) is 0 Å². The number of aromatic amines is 1. The molecule has 3 rings (SSSR count). The summed E-state index contributed by atoms with van der Waals surface area (Å²) in [4.78, 5) is 8.02. The maximum atomic E-state index is 13.1. The lowest BCUT2D eigenvalue weighted by molar-refractivity contribution is 0.538. The lowest BCUT2D eigenvalue weighted by atomic mass is 10.1. The molecule has 0 bridgehead atoms. The predicted molar refractivity (Wildman–Crippen MR) is 108 cm³/mol. The van der Waals surface area contributed by atoms with E-state index < -0.39 is 16.1 Å². The number of imidazole rings is 1. The first kappa shape index (κ1) is 19.3. The first-order chi connectivity index (χ1) is 12.8. The van der Waals surface area contributed by atoms with Crippen LogP contribution in [0.25, 0.3) is 11.3 Å². The maximum absolute atomic E-state index is 13.1. The zero-order valence-corrected chi connectivity index (χ0v) is 16.9. The van der Waals surface area contributed by atoms with Crippen molar-refractivity contribution in [3.63, 3.8) is 0 Å². The molecule has 6 heteroatoms. The van der Waals surface area contributed by atoms with Gasteiger partial charge in [0.2, 0.25) is 10.0 Å². The second-order valence-electron chi connectivity index (χ2n) is 6.86. The van der Waals surface area contributed by atoms with E-state index in [-0.39, 0.29) is 0 Å². The molecule has 3 aromatic rings. The average molecular weight is 384 g/mol. The van der Waals surface area contributed by atoms with Crippen molar-refractivity contribution in [1.82, 2.24) is 14.7 Å². The zero-order chi connectivity index (χ0) is 19.6. The quantitative estimate of drug-likeness (QED) is 0.661. The van der Waals surface area contributed by atoms with E-state index in [0.717, 1.165) is 27.9 Å². The number of nitrogens with one attached hydrogen (secondary N) is 2. The normalized spacial score (nSPS) is 12.9. The number of rotatable bonds is 6. The van der Waals surface area contributed by atoms with Crippen molar-refractivity contribution in [2.75, 3.05) is 0 Å². The van der Waals surface area contributed by atoms with Crippen molar-refractivity contribution in [3.05, 3.63) is 71.2 Å². The minimum Gasteiger partial charge on any atom is -0.341 e. The summed E-state index contributed by atoms with van der Waals surface area (Å²) >= 11 is 0. The molecule has 1 atom stereocenters. The number of nitrogens with zero attached hydrogens (tertiary/aromatic N) is 1. The fourth-order valence-electron chi connectivity index (χ4n) is 3.45. The summed E-state index contributed by atoms with van der Waals surface area (Å²) in [5.74, 6) is 0.613. The van der Waals surface area contributed by atoms with Crippen LogP contribution in [-0.4, -0.2) is 18.4 Å². The molecule has 0 radical (unpaired) electrons. The van der Waals surface area contributed by atoms with Crippen LogP contribution in [0.1, 0.15) is 41.9 Å². The molecule has 1 aromatic heterocycles. The summed E-state index contributed by atoms with van der Waals surface area (Å²) in [5.41, 5.74) is 4.43. The van der Waals surface area contributed by atoms with Gasteiger partial charge in [-0.05, 0) is 43.9 Å². The molecule has 27 heavy (non-hydrogen) atoms. The van der Waals surface area contributed by atoms with E-state index in [9.17, 15) is 8.42 Å². The molecular weight excluding hydrogens is 358 g/mol. The average Bonchev–Trinajstić information content (AvgIpc) is 3.09. The molecular formula is C21H25N3O2S. The minimum absolute atomic E-state index is 0.349. The number of hydrogen-bond donors (Lipinski definition) is 2. The van der Waals surface area contributed by atoms with Crippen molar-refractivity contribution in [2.24, 2.45) is 0 Å². The van der Waals surface area contributed by atoms with Gasteiger partial charge in [0.1, 0.15) is 5.82 Å². The highest BCUT2D eigenvalue weighted by molar-refractivity contribution is 7.89. The smallest absolute Gasteiger partial charge is 0.241 e. The molecule has 1 heterocycles. The Kier molecular flexibility index (Phi) is 5.48. The largest absolute Gasteiger partial charge is 0.341 e. The number of H-pyrrole nitrogens is 1. The van der Waals surface area contributed by atoms with Gasteiger partial charge in [0.05, 0.1) is 22.8 Å². The minimum atomic E-state index is -3.66. The number of hydrogen-bond acceptors (Lipinski definition) is 3. The number of aromatic nitrogens is 2. The molecule has 0 saturated heterocycles. The van der Waals surface area contributed by atoms with Crippen LogP contribution in [0.4, 0.5) is 0 Å². The van der Waals surface area contributed by atoms with E-state index >= 15 is 0 Å². The Morgan fingerprint density at radius 2 is 1.70 bits per heavy atom. The summed E-state index contributed by atoms with van der Waals surface area (Å²) in [6.07, 6.45) is 2.33. The molecule has 0 amide bonds. The maximum Gasteiger partial charge on any atom is 0.241 e. The Labute approximate surface area is 160 Å². The molecule has 0 aliphatic rings. The van der Waals surface area contributed by atoms with Crippen LogP contribution in [0.15, 0.2) is 53.6 Å². The summed E-state index contributed by atoms with van der Waals surface area (Å²) in [5, 5.41) is 0. The highest BCUT2D eigenvalue weighted by Crippen LogP contribution is 2.26. The summed E-state index contributed by atoms with van der Waals surface area (Å²) in [7, 11) is -3.66. The van der Waals surface area contributed by atoms with Gasteiger partial charge in [-0.25, -0.2) is 18.1 Å². The topological polar surface area (TPSA) is 74.8 Å². The predicted octanol–water partition coefficient (Wildman–Crippen LogP) is 4.43. The standard InChI is InChI=1S/C21H25N3O2S/c1-5-18(21-22-13-19(23-21)17-9-7-6-8-10-17)24-27(25,26)20-15(3)11-14(2)12-16(20)4/h6-13,18,24H,5H2,1-4H3,(H,22,23). The molecule has 1 unspecified atom stereocenters. The van der Waals surface area contributed by atoms with E-state index in [2.05, 4.69) is 14.7 Å². The Balaban J connectivity index is 1.91. The van der Waals surface area contributed by atoms with E-state index in [1.54, 1.807) is 6.20 Å². The van der Waals surface area contributed by atoms with Gasteiger partial charge < -0.3 is 4.98 Å². The Hall–Kier alpha value is -2.44. The summed E-state index contributed by atoms with van der Waals surface area (Å²) in [6.45, 7) is 7.56. The van der Waals surface area contributed by atoms with Gasteiger partial charge in [-0.1, -0.05) is 55.0 Å². The monoisotopic (exact) mass is 383 g/mol. The molecule has 0 aliphatic heterocycles. The second-order valence-corrected chi connectivity index (χ2v) is 8.51. The Morgan fingerprint density at radius 1 is 1.07 bits per heavy atom. The molecule has 0 fully saturated rings. The van der Waals surface area contributed by atoms with Gasteiger partial charge in [0.15, 0.2) is 0 Å². The Bertz CT molecular complexity index is 1020. The van der Waals surface area contributed by atoms with Crippen LogP contribution >= 0.6 is 0 Å². The first-order valence-corrected chi connectivity index (χ1v) is 10.5. The van der Waals surface area contributed by atoms with E-state index in [1.807, 2.05) is 70.2 Å². The van der Waals surface area contributed by atoms with E-state index in [0.29, 0.717) is 17.1 Å². The number of aryl methyl sites for hydroxylation is 3. The van der Waals surface area contributed by atoms with Crippen LogP contribution in [0.2, 0.25) is 0 Å². The van der Waals surface area contributed by atoms with Crippen LogP contribution < -0.4 is 4.72 Å². The fraction of sp³-hybridized carbons (Fsp3) is 0.286. The molecule has 2 N–H and O–H groups in total. The molecule has 0 aliphatic carbocycles. The van der Waals surface area contributed by atoms with Gasteiger partial charge in [-0.2, -0.15) is 0 Å². The zero-order valence-electron chi connectivity index (χ0n) is 16.1. The Morgan fingerprint density at radius 3 is 2.30 bits per heavy atom. The van der Waals surface area contributed by atoms with Gasteiger partial charge in [-0.15, -0.1) is 0 Å². The third kappa shape index (κ3) is 4.12. The van der Waals surface area contributed by atoms with Crippen molar-refractivity contribution >= 4 is 10.0 Å². The third-order valence-electron chi connectivity index (χ3n) is 4.59. The molecule has 0 saturated carbocycles. The highest BCUT2D eigenvalue weighted by Gasteiger charge is 2.25. The number of sulfonamides is 1. The van der Waals surface area contributed by atoms with Crippen molar-refractivity contribution in [2.45, 2.75) is 45.1 Å². The van der Waals surface area contributed by atoms with Crippen LogP contribution in [0.3, 0.4) is 0 Å². The molecule has 142 valence electrons. The van der Waals surface area contributed by atoms with Crippen LogP contribution in [-0.2, 0) is 10.0 Å². The number of benzene rings is 2. The van der Waals surface area contributed by atoms with Gasteiger partial charge >= 0.3 is 0 Å². The van der Waals surface area contributed by atoms with E-state index in [1.165, 1.54) is 0 Å². The van der Waals surface area contributed by atoms with Crippen LogP contribution in [0.5, 0.6) is 0 Å². The van der Waals surface area contributed by atoms with Gasteiger partial charge in [-0.3, -0.25) is 0 Å². The third-order valence-corrected chi connectivity index (χ3v) is 6.37. The van der Waals surface area contributed by atoms with E-state index in [4.69, 9.17) is 0 Å². The SMILES string of the molecule is CCC(NS(=O)(=O)c1c(C)cc(C)cc1C)c1ncc(-c2ccccc2)[nH]1. The summed E-state index contributed by atoms with van der Waals surface area (Å²) < 4.78 is 28.9. The second kappa shape index (κ2) is 7.66. The molecule has 5 nitrogen and oxygen atoms in total. The van der Waals surface area contributed by atoms with Crippen molar-refractivity contribution < 1.29 is 8.42 Å². The van der Waals surface area contributed by atoms with Crippen molar-refractivity contribution in [3.8, 4) is 11.3 Å². The first-order valence-electron chi connectivity index (χ1n) is 9.02. The lowest BCUT2D eigenvalue weighted by Crippen LogP contribution is -2.30. The fourth-order valence-corrected chi connectivity index (χ4v) is 5.18. The molecule has 2 aromatic carbocycles. The van der Waals surface area contributed by atoms with Gasteiger partial charge in [0, 0.05) is 0 Å². The van der Waals surface area contributed by atoms with Crippen LogP contribution in [0, 0.1) is 20.8 Å². The van der Waals surface area contributed by atoms with Gasteiger partial charge in [0.25, 0.3) is 0 Å². The lowest BCUT2D eigenvalue weighted by Gasteiger charge is -2.18. The summed E-state index contributed by atoms with van der Waals surface area (Å²) in [6, 6.07) is 13.2. The molecule has 0 spiro atoms.